The van der Waals surface area contributed by atoms with Crippen molar-refractivity contribution in [2.45, 2.75) is 13.8 Å². The van der Waals surface area contributed by atoms with E-state index in [-0.39, 0.29) is 22.9 Å². The third-order valence-electron chi connectivity index (χ3n) is 4.59. The topological polar surface area (TPSA) is 52.6 Å². The molecule has 29 heavy (non-hydrogen) atoms. The predicted octanol–water partition coefficient (Wildman–Crippen LogP) is 5.28. The summed E-state index contributed by atoms with van der Waals surface area (Å²) in [6.07, 6.45) is 1.68. The van der Waals surface area contributed by atoms with Gasteiger partial charge in [0.25, 0.3) is 0 Å². The van der Waals surface area contributed by atoms with E-state index >= 15 is 0 Å². The molecule has 1 heterocycles. The Labute approximate surface area is 167 Å². The zero-order valence-corrected chi connectivity index (χ0v) is 15.9. The molecule has 0 unspecified atom stereocenters. The number of carbonyl (C=O) groups is 2. The van der Waals surface area contributed by atoms with E-state index in [1.807, 2.05) is 31.2 Å². The van der Waals surface area contributed by atoms with Gasteiger partial charge in [0.05, 0.1) is 11.1 Å². The predicted molar refractivity (Wildman–Crippen MR) is 107 cm³/mol. The summed E-state index contributed by atoms with van der Waals surface area (Å²) in [6, 6.07) is 16.0. The van der Waals surface area contributed by atoms with Gasteiger partial charge in [0, 0.05) is 6.07 Å². The first-order chi connectivity index (χ1) is 13.9. The average Bonchev–Trinajstić information content (AvgIpc) is 2.99. The molecular formula is C24H17FO4. The molecule has 0 N–H and O–H groups in total. The van der Waals surface area contributed by atoms with Crippen LogP contribution >= 0.6 is 0 Å². The SMILES string of the molecule is Cc1ccc(/C=C2\Oc3cc(OC(=O)c4cccc(F)c4)cc(C)c3C2=O)cc1. The van der Waals surface area contributed by atoms with Gasteiger partial charge in [-0.25, -0.2) is 9.18 Å². The first-order valence-corrected chi connectivity index (χ1v) is 9.04. The van der Waals surface area contributed by atoms with Gasteiger partial charge in [0.15, 0.2) is 5.76 Å². The van der Waals surface area contributed by atoms with Crippen molar-refractivity contribution in [1.82, 2.24) is 0 Å². The molecule has 0 atom stereocenters. The van der Waals surface area contributed by atoms with Crippen molar-refractivity contribution in [3.05, 3.63) is 100 Å². The number of esters is 1. The fourth-order valence-corrected chi connectivity index (χ4v) is 3.13. The lowest BCUT2D eigenvalue weighted by Gasteiger charge is -2.08. The van der Waals surface area contributed by atoms with E-state index in [4.69, 9.17) is 9.47 Å². The molecule has 144 valence electrons. The lowest BCUT2D eigenvalue weighted by Crippen LogP contribution is -2.09. The highest BCUT2D eigenvalue weighted by atomic mass is 19.1. The smallest absolute Gasteiger partial charge is 0.343 e. The molecule has 0 spiro atoms. The Hall–Kier alpha value is -3.73. The Balaban J connectivity index is 1.60. The summed E-state index contributed by atoms with van der Waals surface area (Å²) < 4.78 is 24.4. The maximum Gasteiger partial charge on any atom is 0.343 e. The van der Waals surface area contributed by atoms with Crippen LogP contribution in [0.4, 0.5) is 4.39 Å². The van der Waals surface area contributed by atoms with Gasteiger partial charge in [-0.15, -0.1) is 0 Å². The van der Waals surface area contributed by atoms with Crippen molar-refractivity contribution >= 4 is 17.8 Å². The Bertz CT molecular complexity index is 1160. The van der Waals surface area contributed by atoms with Crippen LogP contribution in [0.15, 0.2) is 66.4 Å². The molecule has 5 heteroatoms. The first-order valence-electron chi connectivity index (χ1n) is 9.04. The van der Waals surface area contributed by atoms with E-state index in [0.29, 0.717) is 16.9 Å². The molecule has 4 nitrogen and oxygen atoms in total. The minimum Gasteiger partial charge on any atom is -0.452 e. The van der Waals surface area contributed by atoms with Gasteiger partial charge < -0.3 is 9.47 Å². The molecule has 3 aromatic rings. The number of hydrogen-bond donors (Lipinski definition) is 0. The zero-order valence-electron chi connectivity index (χ0n) is 15.9. The highest BCUT2D eigenvalue weighted by molar-refractivity contribution is 6.15. The van der Waals surface area contributed by atoms with Crippen molar-refractivity contribution in [2.75, 3.05) is 0 Å². The van der Waals surface area contributed by atoms with Crippen molar-refractivity contribution < 1.29 is 23.5 Å². The summed E-state index contributed by atoms with van der Waals surface area (Å²) >= 11 is 0. The number of ether oxygens (including phenoxy) is 2. The van der Waals surface area contributed by atoms with Gasteiger partial charge in [-0.2, -0.15) is 0 Å². The molecule has 0 amide bonds. The minimum absolute atomic E-state index is 0.0973. The number of ketones is 1. The number of benzene rings is 3. The van der Waals surface area contributed by atoms with Gasteiger partial charge in [-0.1, -0.05) is 35.9 Å². The van der Waals surface area contributed by atoms with Crippen LogP contribution in [0, 0.1) is 19.7 Å². The number of aryl methyl sites for hydroxylation is 2. The van der Waals surface area contributed by atoms with Crippen LogP contribution in [-0.4, -0.2) is 11.8 Å². The molecule has 0 saturated carbocycles. The van der Waals surface area contributed by atoms with Crippen LogP contribution in [-0.2, 0) is 0 Å². The number of rotatable bonds is 3. The summed E-state index contributed by atoms with van der Waals surface area (Å²) in [5.74, 6) is -0.676. The monoisotopic (exact) mass is 388 g/mol. The fourth-order valence-electron chi connectivity index (χ4n) is 3.13. The molecule has 1 aliphatic heterocycles. The van der Waals surface area contributed by atoms with Gasteiger partial charge in [0.2, 0.25) is 5.78 Å². The first kappa shape index (κ1) is 18.6. The van der Waals surface area contributed by atoms with E-state index in [0.717, 1.165) is 17.2 Å². The Kier molecular flexibility index (Phi) is 4.72. The summed E-state index contributed by atoms with van der Waals surface area (Å²) in [6.45, 7) is 3.73. The number of allylic oxidation sites excluding steroid dienone is 1. The maximum absolute atomic E-state index is 13.3. The van der Waals surface area contributed by atoms with Gasteiger partial charge >= 0.3 is 5.97 Å². The van der Waals surface area contributed by atoms with Crippen LogP contribution < -0.4 is 9.47 Å². The Morgan fingerprint density at radius 1 is 1.03 bits per heavy atom. The highest BCUT2D eigenvalue weighted by Gasteiger charge is 2.30. The summed E-state index contributed by atoms with van der Waals surface area (Å²) in [5, 5.41) is 0. The van der Waals surface area contributed by atoms with Crippen LogP contribution in [0.5, 0.6) is 11.5 Å². The Morgan fingerprint density at radius 2 is 1.79 bits per heavy atom. The molecule has 0 saturated heterocycles. The van der Waals surface area contributed by atoms with Crippen molar-refractivity contribution in [3.8, 4) is 11.5 Å². The third kappa shape index (κ3) is 3.80. The quantitative estimate of drug-likeness (QED) is 0.348. The molecule has 1 aliphatic rings. The number of carbonyl (C=O) groups excluding carboxylic acids is 2. The molecule has 3 aromatic carbocycles. The second-order valence-electron chi connectivity index (χ2n) is 6.86. The molecule has 4 rings (SSSR count). The van der Waals surface area contributed by atoms with Gasteiger partial charge in [-0.05, 0) is 55.3 Å². The summed E-state index contributed by atoms with van der Waals surface area (Å²) in [7, 11) is 0. The molecule has 0 aliphatic carbocycles. The molecular weight excluding hydrogens is 371 g/mol. The zero-order chi connectivity index (χ0) is 20.5. The summed E-state index contributed by atoms with van der Waals surface area (Å²) in [5.41, 5.74) is 3.13. The van der Waals surface area contributed by atoms with Crippen molar-refractivity contribution in [3.63, 3.8) is 0 Å². The van der Waals surface area contributed by atoms with Gasteiger partial charge in [0.1, 0.15) is 17.3 Å². The molecule has 0 radical (unpaired) electrons. The average molecular weight is 388 g/mol. The minimum atomic E-state index is -0.691. The fraction of sp³-hybridized carbons (Fsp3) is 0.0833. The van der Waals surface area contributed by atoms with E-state index in [1.165, 1.54) is 24.3 Å². The largest absolute Gasteiger partial charge is 0.452 e. The Morgan fingerprint density at radius 3 is 2.52 bits per heavy atom. The van der Waals surface area contributed by atoms with Crippen molar-refractivity contribution in [1.29, 1.82) is 0 Å². The normalized spacial score (nSPS) is 13.9. The van der Waals surface area contributed by atoms with E-state index in [9.17, 15) is 14.0 Å². The number of fused-ring (bicyclic) bond motifs is 1. The second-order valence-corrected chi connectivity index (χ2v) is 6.86. The molecule has 0 bridgehead atoms. The highest BCUT2D eigenvalue weighted by Crippen LogP contribution is 2.37. The number of hydrogen-bond acceptors (Lipinski definition) is 4. The van der Waals surface area contributed by atoms with Gasteiger partial charge in [-0.3, -0.25) is 4.79 Å². The third-order valence-corrected chi connectivity index (χ3v) is 4.59. The molecule has 0 fully saturated rings. The van der Waals surface area contributed by atoms with E-state index in [1.54, 1.807) is 19.1 Å². The summed E-state index contributed by atoms with van der Waals surface area (Å²) in [4.78, 5) is 25.0. The van der Waals surface area contributed by atoms with Crippen LogP contribution in [0.1, 0.15) is 37.4 Å². The molecule has 0 aromatic heterocycles. The number of halogens is 1. The van der Waals surface area contributed by atoms with Crippen LogP contribution in [0.25, 0.3) is 6.08 Å². The van der Waals surface area contributed by atoms with Crippen LogP contribution in [0.3, 0.4) is 0 Å². The van der Waals surface area contributed by atoms with Crippen molar-refractivity contribution in [2.24, 2.45) is 0 Å². The number of Topliss-reactive ketones (excluding diaryl/α,β-unsaturated/α-hetero) is 1. The second kappa shape index (κ2) is 7.36. The van der Waals surface area contributed by atoms with Crippen LogP contribution in [0.2, 0.25) is 0 Å². The van der Waals surface area contributed by atoms with E-state index < -0.39 is 11.8 Å². The van der Waals surface area contributed by atoms with E-state index in [2.05, 4.69) is 0 Å². The lowest BCUT2D eigenvalue weighted by molar-refractivity contribution is 0.0734. The maximum atomic E-state index is 13.3. The lowest BCUT2D eigenvalue weighted by atomic mass is 10.0. The standard InChI is InChI=1S/C24H17FO4/c1-14-6-8-16(9-7-14)11-21-23(26)22-15(2)10-19(13-20(22)29-21)28-24(27)17-4-3-5-18(25)12-17/h3-13H,1-2H3/b21-11-.